The Kier molecular flexibility index (Phi) is 2.80. The average Bonchev–Trinajstić information content (AvgIpc) is 1.60. The molecule has 0 rings (SSSR count). The Morgan fingerprint density at radius 2 is 2.10 bits per heavy atom. The SMILES string of the molecule is CC(C)(O)C(N)CC(=O)O. The van der Waals surface area contributed by atoms with Crippen LogP contribution >= 0.6 is 0 Å². The Labute approximate surface area is 59.7 Å². The molecule has 60 valence electrons. The lowest BCUT2D eigenvalue weighted by molar-refractivity contribution is -0.138. The second-order valence-corrected chi connectivity index (χ2v) is 2.86. The highest BCUT2D eigenvalue weighted by Gasteiger charge is 2.24. The lowest BCUT2D eigenvalue weighted by Gasteiger charge is -2.23. The van der Waals surface area contributed by atoms with Crippen LogP contribution in [0.1, 0.15) is 20.3 Å². The van der Waals surface area contributed by atoms with Gasteiger partial charge in [-0.15, -0.1) is 0 Å². The van der Waals surface area contributed by atoms with Crippen molar-refractivity contribution < 1.29 is 15.0 Å². The van der Waals surface area contributed by atoms with Gasteiger partial charge in [0, 0.05) is 6.04 Å². The lowest BCUT2D eigenvalue weighted by Crippen LogP contribution is -2.44. The summed E-state index contributed by atoms with van der Waals surface area (Å²) in [5.74, 6) is -0.991. The van der Waals surface area contributed by atoms with E-state index in [0.717, 1.165) is 0 Å². The molecule has 0 aromatic rings. The fourth-order valence-corrected chi connectivity index (χ4v) is 0.438. The van der Waals surface area contributed by atoms with Crippen LogP contribution in [0, 0.1) is 0 Å². The van der Waals surface area contributed by atoms with E-state index in [2.05, 4.69) is 0 Å². The van der Waals surface area contributed by atoms with Gasteiger partial charge in [-0.2, -0.15) is 0 Å². The third-order valence-electron chi connectivity index (χ3n) is 1.30. The third kappa shape index (κ3) is 3.42. The first-order valence-electron chi connectivity index (χ1n) is 3.04. The van der Waals surface area contributed by atoms with Crippen LogP contribution in [-0.4, -0.2) is 27.8 Å². The van der Waals surface area contributed by atoms with Crippen LogP contribution in [0.2, 0.25) is 0 Å². The van der Waals surface area contributed by atoms with E-state index in [1.165, 1.54) is 13.8 Å². The first-order valence-corrected chi connectivity index (χ1v) is 3.04. The molecule has 0 aliphatic rings. The van der Waals surface area contributed by atoms with Crippen molar-refractivity contribution in [3.05, 3.63) is 0 Å². The van der Waals surface area contributed by atoms with Crippen LogP contribution in [0.5, 0.6) is 0 Å². The minimum Gasteiger partial charge on any atom is -0.481 e. The van der Waals surface area contributed by atoms with Crippen LogP contribution in [-0.2, 0) is 4.79 Å². The maximum absolute atomic E-state index is 10.1. The van der Waals surface area contributed by atoms with Gasteiger partial charge in [0.25, 0.3) is 0 Å². The number of carbonyl (C=O) groups is 1. The molecule has 0 fully saturated rings. The molecule has 1 unspecified atom stereocenters. The summed E-state index contributed by atoms with van der Waals surface area (Å²) in [6.07, 6.45) is -0.205. The molecule has 1 atom stereocenters. The second-order valence-electron chi connectivity index (χ2n) is 2.86. The molecule has 0 radical (unpaired) electrons. The van der Waals surface area contributed by atoms with Crippen molar-refractivity contribution in [3.63, 3.8) is 0 Å². The Bertz CT molecular complexity index is 127. The van der Waals surface area contributed by atoms with Gasteiger partial charge in [0.1, 0.15) is 0 Å². The van der Waals surface area contributed by atoms with E-state index in [1.807, 2.05) is 0 Å². The molecule has 0 saturated carbocycles. The standard InChI is InChI=1S/C6H13NO3/c1-6(2,10)4(7)3-5(8)9/h4,10H,3,7H2,1-2H3,(H,8,9). The first-order chi connectivity index (χ1) is 4.34. The molecule has 0 aliphatic carbocycles. The smallest absolute Gasteiger partial charge is 0.305 e. The molecule has 4 nitrogen and oxygen atoms in total. The molecule has 0 aromatic carbocycles. The first kappa shape index (κ1) is 9.39. The van der Waals surface area contributed by atoms with E-state index in [-0.39, 0.29) is 6.42 Å². The molecule has 4 heteroatoms. The Morgan fingerprint density at radius 3 is 2.20 bits per heavy atom. The normalized spacial score (nSPS) is 14.8. The summed E-state index contributed by atoms with van der Waals surface area (Å²) in [5, 5.41) is 17.4. The summed E-state index contributed by atoms with van der Waals surface area (Å²) < 4.78 is 0. The van der Waals surface area contributed by atoms with Crippen molar-refractivity contribution in [2.24, 2.45) is 5.73 Å². The van der Waals surface area contributed by atoms with Crippen molar-refractivity contribution in [3.8, 4) is 0 Å². The number of nitrogens with two attached hydrogens (primary N) is 1. The summed E-state index contributed by atoms with van der Waals surface area (Å²) >= 11 is 0. The minimum atomic E-state index is -1.11. The predicted octanol–water partition coefficient (Wildman–Crippen LogP) is -0.441. The van der Waals surface area contributed by atoms with Crippen LogP contribution in [0.25, 0.3) is 0 Å². The van der Waals surface area contributed by atoms with Crippen LogP contribution in [0.3, 0.4) is 0 Å². The Hall–Kier alpha value is -0.610. The third-order valence-corrected chi connectivity index (χ3v) is 1.30. The second kappa shape index (κ2) is 2.98. The van der Waals surface area contributed by atoms with E-state index in [1.54, 1.807) is 0 Å². The summed E-state index contributed by atoms with van der Waals surface area (Å²) in [6, 6.07) is -0.704. The van der Waals surface area contributed by atoms with Gasteiger partial charge in [-0.3, -0.25) is 4.79 Å². The van der Waals surface area contributed by atoms with E-state index in [4.69, 9.17) is 15.9 Å². The van der Waals surface area contributed by atoms with Crippen LogP contribution in [0.4, 0.5) is 0 Å². The van der Waals surface area contributed by atoms with E-state index in [9.17, 15) is 4.79 Å². The average molecular weight is 147 g/mol. The van der Waals surface area contributed by atoms with Crippen molar-refractivity contribution >= 4 is 5.97 Å². The fourth-order valence-electron chi connectivity index (χ4n) is 0.438. The van der Waals surface area contributed by atoms with Gasteiger partial charge < -0.3 is 15.9 Å². The van der Waals surface area contributed by atoms with E-state index < -0.39 is 17.6 Å². The fraction of sp³-hybridized carbons (Fsp3) is 0.833. The predicted molar refractivity (Wildman–Crippen MR) is 36.5 cm³/mol. The number of hydrogen-bond acceptors (Lipinski definition) is 3. The molecule has 0 heterocycles. The van der Waals surface area contributed by atoms with Crippen LogP contribution in [0.15, 0.2) is 0 Å². The van der Waals surface area contributed by atoms with Gasteiger partial charge in [0.15, 0.2) is 0 Å². The summed E-state index contributed by atoms with van der Waals surface area (Å²) in [4.78, 5) is 10.1. The van der Waals surface area contributed by atoms with E-state index in [0.29, 0.717) is 0 Å². The van der Waals surface area contributed by atoms with Crippen molar-refractivity contribution in [1.29, 1.82) is 0 Å². The molecule has 4 N–H and O–H groups in total. The van der Waals surface area contributed by atoms with Crippen molar-refractivity contribution in [1.82, 2.24) is 0 Å². The summed E-state index contributed by atoms with van der Waals surface area (Å²) in [7, 11) is 0. The summed E-state index contributed by atoms with van der Waals surface area (Å²) in [6.45, 7) is 2.97. The number of aliphatic hydroxyl groups is 1. The molecular formula is C6H13NO3. The van der Waals surface area contributed by atoms with Gasteiger partial charge in [-0.05, 0) is 13.8 Å². The number of rotatable bonds is 3. The Morgan fingerprint density at radius 1 is 1.70 bits per heavy atom. The maximum Gasteiger partial charge on any atom is 0.305 e. The van der Waals surface area contributed by atoms with Gasteiger partial charge >= 0.3 is 5.97 Å². The minimum absolute atomic E-state index is 0.205. The molecule has 0 amide bonds. The molecule has 10 heavy (non-hydrogen) atoms. The van der Waals surface area contributed by atoms with Gasteiger partial charge in [0.05, 0.1) is 12.0 Å². The molecule has 0 spiro atoms. The van der Waals surface area contributed by atoms with Crippen molar-refractivity contribution in [2.75, 3.05) is 0 Å². The van der Waals surface area contributed by atoms with Crippen LogP contribution < -0.4 is 5.73 Å². The molecule has 0 aromatic heterocycles. The summed E-state index contributed by atoms with van der Waals surface area (Å²) in [5.41, 5.74) is 4.21. The van der Waals surface area contributed by atoms with Crippen molar-refractivity contribution in [2.45, 2.75) is 31.9 Å². The zero-order valence-electron chi connectivity index (χ0n) is 6.16. The number of carboxylic acids is 1. The maximum atomic E-state index is 10.1. The number of hydrogen-bond donors (Lipinski definition) is 3. The molecule has 0 aliphatic heterocycles. The lowest BCUT2D eigenvalue weighted by atomic mass is 9.97. The zero-order chi connectivity index (χ0) is 8.36. The highest BCUT2D eigenvalue weighted by molar-refractivity contribution is 5.67. The number of carboxylic acid groups (broad SMARTS) is 1. The zero-order valence-corrected chi connectivity index (χ0v) is 6.16. The Balaban J connectivity index is 3.85. The quantitative estimate of drug-likeness (QED) is 0.505. The molecular weight excluding hydrogens is 134 g/mol. The van der Waals surface area contributed by atoms with Gasteiger partial charge in [-0.25, -0.2) is 0 Å². The molecule has 0 bridgehead atoms. The highest BCUT2D eigenvalue weighted by atomic mass is 16.4. The van der Waals surface area contributed by atoms with Gasteiger partial charge in [0.2, 0.25) is 0 Å². The highest BCUT2D eigenvalue weighted by Crippen LogP contribution is 2.08. The number of aliphatic carboxylic acids is 1. The van der Waals surface area contributed by atoms with E-state index >= 15 is 0 Å². The largest absolute Gasteiger partial charge is 0.481 e. The molecule has 0 saturated heterocycles. The monoisotopic (exact) mass is 147 g/mol. The topological polar surface area (TPSA) is 83.5 Å². The van der Waals surface area contributed by atoms with Gasteiger partial charge in [-0.1, -0.05) is 0 Å².